The summed E-state index contributed by atoms with van der Waals surface area (Å²) in [6, 6.07) is 8.58. The first kappa shape index (κ1) is 12.6. The Balaban J connectivity index is 2.06. The third-order valence-corrected chi connectivity index (χ3v) is 3.04. The molecule has 0 fully saturated rings. The van der Waals surface area contributed by atoms with E-state index < -0.39 is 4.92 Å². The number of aryl methyl sites for hydroxylation is 1. The van der Waals surface area contributed by atoms with Gasteiger partial charge in [0.05, 0.1) is 15.9 Å². The number of furan rings is 1. The Morgan fingerprint density at radius 3 is 2.72 bits per heavy atom. The molecule has 0 saturated carbocycles. The van der Waals surface area contributed by atoms with Gasteiger partial charge in [0.2, 0.25) is 0 Å². The number of hydrogen-bond acceptors (Lipinski definition) is 4. The smallest absolute Gasteiger partial charge is 0.283 e. The van der Waals surface area contributed by atoms with Crippen molar-refractivity contribution in [2.45, 2.75) is 13.5 Å². The van der Waals surface area contributed by atoms with E-state index in [1.54, 1.807) is 12.1 Å². The van der Waals surface area contributed by atoms with Crippen LogP contribution in [0.1, 0.15) is 11.5 Å². The molecule has 1 aromatic heterocycles. The standard InChI is InChI=1S/C12H11BrN2O3/c1-8-2-4-10(18-8)7-14-9-3-5-12(15(16)17)11(13)6-9/h2-6,14H,7H2,1H3. The summed E-state index contributed by atoms with van der Waals surface area (Å²) in [5.41, 5.74) is 0.843. The van der Waals surface area contributed by atoms with Gasteiger partial charge in [-0.05, 0) is 47.1 Å². The highest BCUT2D eigenvalue weighted by Crippen LogP contribution is 2.27. The highest BCUT2D eigenvalue weighted by atomic mass is 79.9. The zero-order chi connectivity index (χ0) is 13.1. The van der Waals surface area contributed by atoms with Gasteiger partial charge in [0.25, 0.3) is 5.69 Å². The largest absolute Gasteiger partial charge is 0.465 e. The molecule has 0 unspecified atom stereocenters. The van der Waals surface area contributed by atoms with Crippen molar-refractivity contribution < 1.29 is 9.34 Å². The summed E-state index contributed by atoms with van der Waals surface area (Å²) >= 11 is 3.17. The molecule has 0 aliphatic rings. The molecule has 0 atom stereocenters. The Morgan fingerprint density at radius 1 is 1.39 bits per heavy atom. The third kappa shape index (κ3) is 2.89. The summed E-state index contributed by atoms with van der Waals surface area (Å²) < 4.78 is 5.87. The fourth-order valence-electron chi connectivity index (χ4n) is 1.53. The van der Waals surface area contributed by atoms with Crippen LogP contribution in [0.15, 0.2) is 39.2 Å². The van der Waals surface area contributed by atoms with E-state index in [9.17, 15) is 10.1 Å². The summed E-state index contributed by atoms with van der Waals surface area (Å²) in [6.07, 6.45) is 0. The average molecular weight is 311 g/mol. The first-order valence-electron chi connectivity index (χ1n) is 5.29. The Kier molecular flexibility index (Phi) is 3.66. The van der Waals surface area contributed by atoms with Gasteiger partial charge in [-0.3, -0.25) is 10.1 Å². The van der Waals surface area contributed by atoms with Crippen LogP contribution in [0.4, 0.5) is 11.4 Å². The molecule has 0 amide bonds. The van der Waals surface area contributed by atoms with Crippen molar-refractivity contribution in [1.29, 1.82) is 0 Å². The van der Waals surface area contributed by atoms with Crippen LogP contribution in [-0.2, 0) is 6.54 Å². The predicted molar refractivity (Wildman–Crippen MR) is 71.6 cm³/mol. The van der Waals surface area contributed by atoms with Crippen LogP contribution < -0.4 is 5.32 Å². The molecule has 2 aromatic rings. The van der Waals surface area contributed by atoms with Gasteiger partial charge in [-0.1, -0.05) is 0 Å². The second-order valence-corrected chi connectivity index (χ2v) is 4.64. The van der Waals surface area contributed by atoms with Crippen molar-refractivity contribution >= 4 is 27.3 Å². The molecule has 5 nitrogen and oxygen atoms in total. The van der Waals surface area contributed by atoms with E-state index in [-0.39, 0.29) is 5.69 Å². The van der Waals surface area contributed by atoms with Crippen molar-refractivity contribution in [2.75, 3.05) is 5.32 Å². The zero-order valence-electron chi connectivity index (χ0n) is 9.64. The first-order valence-corrected chi connectivity index (χ1v) is 6.08. The van der Waals surface area contributed by atoms with Gasteiger partial charge in [-0.2, -0.15) is 0 Å². The van der Waals surface area contributed by atoms with Crippen LogP contribution in [0.3, 0.4) is 0 Å². The highest BCUT2D eigenvalue weighted by molar-refractivity contribution is 9.10. The van der Waals surface area contributed by atoms with E-state index in [0.29, 0.717) is 11.0 Å². The number of nitrogens with zero attached hydrogens (tertiary/aromatic N) is 1. The molecule has 6 heteroatoms. The van der Waals surface area contributed by atoms with Crippen LogP contribution in [0, 0.1) is 17.0 Å². The van der Waals surface area contributed by atoms with E-state index in [4.69, 9.17) is 4.42 Å². The molecule has 18 heavy (non-hydrogen) atoms. The summed E-state index contributed by atoms with van der Waals surface area (Å²) in [4.78, 5) is 10.2. The first-order chi connectivity index (χ1) is 8.56. The lowest BCUT2D eigenvalue weighted by atomic mass is 10.3. The van der Waals surface area contributed by atoms with Gasteiger partial charge in [0, 0.05) is 11.8 Å². The number of anilines is 1. The quantitative estimate of drug-likeness (QED) is 0.687. The molecule has 0 radical (unpaired) electrons. The van der Waals surface area contributed by atoms with Gasteiger partial charge >= 0.3 is 0 Å². The van der Waals surface area contributed by atoms with Gasteiger partial charge in [0.1, 0.15) is 11.5 Å². The van der Waals surface area contributed by atoms with Crippen molar-refractivity contribution in [1.82, 2.24) is 0 Å². The minimum absolute atomic E-state index is 0.0504. The molecular formula is C12H11BrN2O3. The van der Waals surface area contributed by atoms with Crippen LogP contribution in [0.5, 0.6) is 0 Å². The predicted octanol–water partition coefficient (Wildman–Crippen LogP) is 3.87. The molecule has 2 rings (SSSR count). The van der Waals surface area contributed by atoms with Gasteiger partial charge in [0.15, 0.2) is 0 Å². The summed E-state index contributed by atoms with van der Waals surface area (Å²) in [6.45, 7) is 2.42. The van der Waals surface area contributed by atoms with Gasteiger partial charge < -0.3 is 9.73 Å². The Bertz CT molecular complexity index is 580. The summed E-state index contributed by atoms with van der Waals surface area (Å²) in [5, 5.41) is 13.8. The molecule has 0 saturated heterocycles. The number of halogens is 1. The molecule has 0 aliphatic heterocycles. The third-order valence-electron chi connectivity index (χ3n) is 2.41. The minimum atomic E-state index is -0.427. The highest BCUT2D eigenvalue weighted by Gasteiger charge is 2.11. The molecular weight excluding hydrogens is 300 g/mol. The van der Waals surface area contributed by atoms with Crippen molar-refractivity contribution in [2.24, 2.45) is 0 Å². The summed E-state index contributed by atoms with van der Waals surface area (Å²) in [7, 11) is 0. The second-order valence-electron chi connectivity index (χ2n) is 3.79. The zero-order valence-corrected chi connectivity index (χ0v) is 11.2. The molecule has 94 valence electrons. The number of benzene rings is 1. The maximum absolute atomic E-state index is 10.7. The van der Waals surface area contributed by atoms with Gasteiger partial charge in [-0.15, -0.1) is 0 Å². The number of rotatable bonds is 4. The maximum Gasteiger partial charge on any atom is 0.283 e. The van der Waals surface area contributed by atoms with E-state index in [0.717, 1.165) is 17.2 Å². The maximum atomic E-state index is 10.7. The number of nitro groups is 1. The normalized spacial score (nSPS) is 10.3. The lowest BCUT2D eigenvalue weighted by molar-refractivity contribution is -0.385. The van der Waals surface area contributed by atoms with Crippen molar-refractivity contribution in [3.63, 3.8) is 0 Å². The van der Waals surface area contributed by atoms with Crippen molar-refractivity contribution in [3.05, 3.63) is 56.4 Å². The van der Waals surface area contributed by atoms with Crippen LogP contribution in [0.25, 0.3) is 0 Å². The molecule has 0 bridgehead atoms. The minimum Gasteiger partial charge on any atom is -0.465 e. The fraction of sp³-hybridized carbons (Fsp3) is 0.167. The lowest BCUT2D eigenvalue weighted by Crippen LogP contribution is -1.98. The lowest BCUT2D eigenvalue weighted by Gasteiger charge is -2.05. The molecule has 0 aliphatic carbocycles. The van der Waals surface area contributed by atoms with Gasteiger partial charge in [-0.25, -0.2) is 0 Å². The summed E-state index contributed by atoms with van der Waals surface area (Å²) in [5.74, 6) is 1.68. The molecule has 1 heterocycles. The SMILES string of the molecule is Cc1ccc(CNc2ccc([N+](=O)[O-])c(Br)c2)o1. The van der Waals surface area contributed by atoms with Crippen LogP contribution >= 0.6 is 15.9 Å². The number of hydrogen-bond donors (Lipinski definition) is 1. The van der Waals surface area contributed by atoms with E-state index in [1.807, 2.05) is 19.1 Å². The fourth-order valence-corrected chi connectivity index (χ4v) is 2.06. The van der Waals surface area contributed by atoms with E-state index in [1.165, 1.54) is 6.07 Å². The Labute approximate surface area is 112 Å². The number of nitro benzene ring substituents is 1. The Hall–Kier alpha value is -1.82. The molecule has 1 N–H and O–H groups in total. The van der Waals surface area contributed by atoms with E-state index >= 15 is 0 Å². The number of nitrogens with one attached hydrogen (secondary N) is 1. The van der Waals surface area contributed by atoms with Crippen LogP contribution in [-0.4, -0.2) is 4.92 Å². The molecule has 0 spiro atoms. The van der Waals surface area contributed by atoms with Crippen molar-refractivity contribution in [3.8, 4) is 0 Å². The average Bonchev–Trinajstić information content (AvgIpc) is 2.72. The Morgan fingerprint density at radius 2 is 2.17 bits per heavy atom. The van der Waals surface area contributed by atoms with Crippen LogP contribution in [0.2, 0.25) is 0 Å². The molecule has 1 aromatic carbocycles. The monoisotopic (exact) mass is 310 g/mol. The van der Waals surface area contributed by atoms with E-state index in [2.05, 4.69) is 21.2 Å². The topological polar surface area (TPSA) is 68.3 Å². The second kappa shape index (κ2) is 5.22.